The number of hydrogen-bond donors (Lipinski definition) is 5. The zero-order valence-electron chi connectivity index (χ0n) is 10.1. The molecular weight excluding hydrogens is 270 g/mol. The van der Waals surface area contributed by atoms with E-state index in [1.807, 2.05) is 0 Å². The van der Waals surface area contributed by atoms with Gasteiger partial charge in [0.25, 0.3) is 0 Å². The van der Waals surface area contributed by atoms with Crippen molar-refractivity contribution in [3.05, 3.63) is 24.3 Å². The van der Waals surface area contributed by atoms with Gasteiger partial charge in [-0.2, -0.15) is 0 Å². The molecule has 0 aliphatic carbocycles. The summed E-state index contributed by atoms with van der Waals surface area (Å²) in [6.07, 6.45) is -4.15. The molecule has 6 nitrogen and oxygen atoms in total. The molecule has 0 radical (unpaired) electrons. The van der Waals surface area contributed by atoms with Crippen molar-refractivity contribution in [1.82, 2.24) is 0 Å². The number of rotatable bonds is 3. The minimum Gasteiger partial charge on any atom is -0.484 e. The Labute approximate surface area is 116 Å². The van der Waals surface area contributed by atoms with E-state index in [-0.39, 0.29) is 0 Å². The second-order valence-electron chi connectivity index (χ2n) is 4.38. The maximum Gasteiger partial charge on any atom is 0.162 e. The largest absolute Gasteiger partial charge is 0.484 e. The summed E-state index contributed by atoms with van der Waals surface area (Å²) in [4.78, 5) is 0. The summed E-state index contributed by atoms with van der Waals surface area (Å²) in [6, 6.07) is 6.61. The molecule has 5 N–H and O–H groups in total. The Hall–Kier alpha value is -0.990. The first kappa shape index (κ1) is 14.4. The van der Waals surface area contributed by atoms with E-state index in [1.54, 1.807) is 24.3 Å². The lowest BCUT2D eigenvalue weighted by molar-refractivity contribution is -0.198. The van der Waals surface area contributed by atoms with Crippen molar-refractivity contribution in [1.29, 1.82) is 0 Å². The number of hydrogen-bond acceptors (Lipinski definition) is 7. The summed E-state index contributed by atoms with van der Waals surface area (Å²) in [5.41, 5.74) is 5.40. The van der Waals surface area contributed by atoms with Gasteiger partial charge in [0.2, 0.25) is 0 Å². The van der Waals surface area contributed by atoms with E-state index < -0.39 is 36.5 Å². The van der Waals surface area contributed by atoms with E-state index in [1.165, 1.54) is 0 Å². The van der Waals surface area contributed by atoms with E-state index >= 15 is 0 Å². The first-order valence-corrected chi connectivity index (χ1v) is 6.37. The van der Waals surface area contributed by atoms with Crippen LogP contribution in [0.2, 0.25) is 0 Å². The number of nitrogen functional groups attached to an aromatic ring is 1. The van der Waals surface area contributed by atoms with Crippen LogP contribution in [-0.2, 0) is 4.74 Å². The normalized spacial score (nSPS) is 35.1. The van der Waals surface area contributed by atoms with Gasteiger partial charge < -0.3 is 30.5 Å². The van der Waals surface area contributed by atoms with Crippen molar-refractivity contribution < 1.29 is 24.8 Å². The molecule has 1 aromatic carbocycles. The Kier molecular flexibility index (Phi) is 4.54. The quantitative estimate of drug-likeness (QED) is 0.375. The Morgan fingerprint density at radius 2 is 1.84 bits per heavy atom. The van der Waals surface area contributed by atoms with Crippen LogP contribution in [0.5, 0.6) is 5.75 Å². The van der Waals surface area contributed by atoms with E-state index in [9.17, 15) is 10.2 Å². The molecule has 1 fully saturated rings. The molecule has 0 spiro atoms. The summed E-state index contributed by atoms with van der Waals surface area (Å²) in [6.45, 7) is -0.399. The molecule has 2 rings (SSSR count). The van der Waals surface area contributed by atoms with Gasteiger partial charge in [-0.05, 0) is 24.3 Å². The summed E-state index contributed by atoms with van der Waals surface area (Å²) < 4.78 is 10.8. The molecule has 1 heterocycles. The van der Waals surface area contributed by atoms with Crippen LogP contribution in [0.25, 0.3) is 0 Å². The van der Waals surface area contributed by atoms with Crippen LogP contribution < -0.4 is 10.5 Å². The fourth-order valence-electron chi connectivity index (χ4n) is 1.90. The third-order valence-electron chi connectivity index (χ3n) is 2.99. The van der Waals surface area contributed by atoms with Crippen molar-refractivity contribution >= 4 is 18.3 Å². The first-order valence-electron chi connectivity index (χ1n) is 5.85. The topological polar surface area (TPSA) is 105 Å². The molecule has 7 heteroatoms. The number of anilines is 1. The summed E-state index contributed by atoms with van der Waals surface area (Å²) in [5.74, 6) is 0.482. The predicted molar refractivity (Wildman–Crippen MR) is 72.0 cm³/mol. The summed E-state index contributed by atoms with van der Waals surface area (Å²) in [7, 11) is 0. The molecule has 0 bridgehead atoms. The highest BCUT2D eigenvalue weighted by atomic mass is 32.1. The summed E-state index contributed by atoms with van der Waals surface area (Å²) >= 11 is 4.17. The maximum absolute atomic E-state index is 9.99. The van der Waals surface area contributed by atoms with Crippen molar-refractivity contribution in [2.45, 2.75) is 29.9 Å². The smallest absolute Gasteiger partial charge is 0.162 e. The highest BCUT2D eigenvalue weighted by molar-refractivity contribution is 7.80. The lowest BCUT2D eigenvalue weighted by Gasteiger charge is -2.40. The van der Waals surface area contributed by atoms with Crippen LogP contribution in [0, 0.1) is 0 Å². The number of thiol groups is 1. The Bertz CT molecular complexity index is 415. The molecule has 5 atom stereocenters. The van der Waals surface area contributed by atoms with Crippen molar-refractivity contribution in [2.24, 2.45) is 0 Å². The molecule has 1 saturated heterocycles. The van der Waals surface area contributed by atoms with Crippen molar-refractivity contribution in [2.75, 3.05) is 12.3 Å². The fraction of sp³-hybridized carbons (Fsp3) is 0.500. The summed E-state index contributed by atoms with van der Waals surface area (Å²) in [5, 5.41) is 28.8. The van der Waals surface area contributed by atoms with Gasteiger partial charge in [-0.25, -0.2) is 0 Å². The van der Waals surface area contributed by atoms with Crippen LogP contribution in [0.15, 0.2) is 24.3 Å². The molecule has 1 aliphatic rings. The minimum absolute atomic E-state index is 0.399. The third kappa shape index (κ3) is 3.13. The fourth-order valence-corrected chi connectivity index (χ4v) is 2.30. The maximum atomic E-state index is 9.99. The highest BCUT2D eigenvalue weighted by Crippen LogP contribution is 2.27. The number of aliphatic hydroxyl groups is 3. The zero-order valence-corrected chi connectivity index (χ0v) is 11.0. The zero-order chi connectivity index (χ0) is 14.0. The number of benzene rings is 1. The molecule has 0 amide bonds. The average molecular weight is 287 g/mol. The van der Waals surface area contributed by atoms with E-state index in [4.69, 9.17) is 20.3 Å². The van der Waals surface area contributed by atoms with E-state index in [0.717, 1.165) is 0 Å². The SMILES string of the molecule is Nc1ccc(O[C@H]2C(S)O[C@H](CO)[C@H](O)[C@@H]2O)cc1. The lowest BCUT2D eigenvalue weighted by Crippen LogP contribution is -2.58. The van der Waals surface area contributed by atoms with Crippen LogP contribution in [0.4, 0.5) is 5.69 Å². The molecule has 0 saturated carbocycles. The van der Waals surface area contributed by atoms with Gasteiger partial charge in [0, 0.05) is 5.69 Å². The average Bonchev–Trinajstić information content (AvgIpc) is 2.41. The van der Waals surface area contributed by atoms with Gasteiger partial charge in [-0.15, -0.1) is 12.6 Å². The van der Waals surface area contributed by atoms with Crippen LogP contribution in [0.1, 0.15) is 0 Å². The van der Waals surface area contributed by atoms with Gasteiger partial charge in [-0.1, -0.05) is 0 Å². The van der Waals surface area contributed by atoms with E-state index in [2.05, 4.69) is 12.6 Å². The van der Waals surface area contributed by atoms with Crippen LogP contribution >= 0.6 is 12.6 Å². The Balaban J connectivity index is 2.09. The molecule has 1 aromatic rings. The number of nitrogens with two attached hydrogens (primary N) is 1. The number of aliphatic hydroxyl groups excluding tert-OH is 3. The standard InChI is InChI=1S/C12H17NO5S/c13-6-1-3-7(4-2-6)17-11-10(16)9(15)8(5-14)18-12(11)19/h1-4,8-12,14-16,19H,5,13H2/t8-,9+,10+,11-,12?/m1/s1. The Morgan fingerprint density at radius 3 is 2.42 bits per heavy atom. The van der Waals surface area contributed by atoms with Crippen LogP contribution in [0.3, 0.4) is 0 Å². The van der Waals surface area contributed by atoms with E-state index in [0.29, 0.717) is 11.4 Å². The number of ether oxygens (including phenoxy) is 2. The molecular formula is C12H17NO5S. The Morgan fingerprint density at radius 1 is 1.21 bits per heavy atom. The molecule has 1 unspecified atom stereocenters. The molecule has 0 aromatic heterocycles. The predicted octanol–water partition coefficient (Wildman–Crippen LogP) is -0.615. The van der Waals surface area contributed by atoms with Crippen LogP contribution in [-0.4, -0.2) is 51.8 Å². The molecule has 19 heavy (non-hydrogen) atoms. The highest BCUT2D eigenvalue weighted by Gasteiger charge is 2.44. The first-order chi connectivity index (χ1) is 9.02. The van der Waals surface area contributed by atoms with Crippen molar-refractivity contribution in [3.8, 4) is 5.75 Å². The monoisotopic (exact) mass is 287 g/mol. The lowest BCUT2D eigenvalue weighted by atomic mass is 10.00. The van der Waals surface area contributed by atoms with Gasteiger partial charge in [0.15, 0.2) is 6.10 Å². The van der Waals surface area contributed by atoms with Gasteiger partial charge >= 0.3 is 0 Å². The van der Waals surface area contributed by atoms with Crippen molar-refractivity contribution in [3.63, 3.8) is 0 Å². The second-order valence-corrected chi connectivity index (χ2v) is 4.89. The van der Waals surface area contributed by atoms with Gasteiger partial charge in [-0.3, -0.25) is 0 Å². The van der Waals surface area contributed by atoms with Gasteiger partial charge in [0.1, 0.15) is 29.5 Å². The molecule has 106 valence electrons. The van der Waals surface area contributed by atoms with Gasteiger partial charge in [0.05, 0.1) is 6.61 Å². The molecule has 1 aliphatic heterocycles. The second kappa shape index (κ2) is 5.98. The minimum atomic E-state index is -1.23. The third-order valence-corrected chi connectivity index (χ3v) is 3.41.